The number of hydroxylamine groups is 2. The van der Waals surface area contributed by atoms with Crippen molar-refractivity contribution in [2.75, 3.05) is 0 Å². The summed E-state index contributed by atoms with van der Waals surface area (Å²) in [6.07, 6.45) is 2.79. The lowest BCUT2D eigenvalue weighted by atomic mass is 9.87. The molecule has 31 heavy (non-hydrogen) atoms. The Morgan fingerprint density at radius 3 is 2.32 bits per heavy atom. The fourth-order valence-corrected chi connectivity index (χ4v) is 3.36. The lowest BCUT2D eigenvalue weighted by molar-refractivity contribution is -0.193. The van der Waals surface area contributed by atoms with E-state index >= 15 is 0 Å². The average Bonchev–Trinajstić information content (AvgIpc) is 3.03. The van der Waals surface area contributed by atoms with Gasteiger partial charge < -0.3 is 9.57 Å². The fourth-order valence-electron chi connectivity index (χ4n) is 2.98. The molecule has 7 heteroatoms. The minimum atomic E-state index is -0.813. The zero-order chi connectivity index (χ0) is 22.6. The topological polar surface area (TPSA) is 72.9 Å². The van der Waals surface area contributed by atoms with Crippen molar-refractivity contribution in [3.05, 3.63) is 69.7 Å². The Balaban J connectivity index is 1.67. The first-order chi connectivity index (χ1) is 14.6. The standard InChI is InChI=1S/C24H24BrNO5/c1-24(2,3)18-7-4-16(5-8-18)15-30-20-10-9-19(25)14-17(20)6-13-23(29)31-26-21(27)11-12-22(26)28/h4-10,13-14H,11-12,15H2,1-3H3/b13-6+. The van der Waals surface area contributed by atoms with E-state index in [0.29, 0.717) is 23.0 Å². The van der Waals surface area contributed by atoms with Gasteiger partial charge >= 0.3 is 5.97 Å². The number of ether oxygens (including phenoxy) is 1. The average molecular weight is 486 g/mol. The molecule has 0 aromatic heterocycles. The Bertz CT molecular complexity index is 1010. The molecule has 1 aliphatic rings. The molecule has 1 aliphatic heterocycles. The van der Waals surface area contributed by atoms with Crippen LogP contribution in [-0.4, -0.2) is 22.8 Å². The van der Waals surface area contributed by atoms with Crippen molar-refractivity contribution in [2.45, 2.75) is 45.6 Å². The maximum atomic E-state index is 12.0. The summed E-state index contributed by atoms with van der Waals surface area (Å²) in [6.45, 7) is 6.87. The van der Waals surface area contributed by atoms with Gasteiger partial charge in [0.15, 0.2) is 0 Å². The maximum absolute atomic E-state index is 12.0. The van der Waals surface area contributed by atoms with E-state index in [9.17, 15) is 14.4 Å². The Morgan fingerprint density at radius 1 is 1.06 bits per heavy atom. The third-order valence-corrected chi connectivity index (χ3v) is 5.27. The van der Waals surface area contributed by atoms with Gasteiger partial charge in [0.1, 0.15) is 12.4 Å². The molecule has 0 saturated carbocycles. The summed E-state index contributed by atoms with van der Waals surface area (Å²) in [4.78, 5) is 40.0. The number of nitrogens with zero attached hydrogens (tertiary/aromatic N) is 1. The lowest BCUT2D eigenvalue weighted by Gasteiger charge is -2.19. The molecule has 1 fully saturated rings. The number of amides is 2. The van der Waals surface area contributed by atoms with Gasteiger partial charge in [-0.2, -0.15) is 0 Å². The summed E-state index contributed by atoms with van der Waals surface area (Å²) in [7, 11) is 0. The van der Waals surface area contributed by atoms with Crippen LogP contribution in [0.5, 0.6) is 5.75 Å². The molecule has 0 spiro atoms. The number of hydrogen-bond acceptors (Lipinski definition) is 5. The fraction of sp³-hybridized carbons (Fsp3) is 0.292. The van der Waals surface area contributed by atoms with Crippen LogP contribution >= 0.6 is 15.9 Å². The summed E-state index contributed by atoms with van der Waals surface area (Å²) < 4.78 is 6.77. The highest BCUT2D eigenvalue weighted by Crippen LogP contribution is 2.26. The first-order valence-corrected chi connectivity index (χ1v) is 10.7. The van der Waals surface area contributed by atoms with E-state index in [1.807, 2.05) is 18.2 Å². The van der Waals surface area contributed by atoms with Crippen LogP contribution in [0, 0.1) is 0 Å². The van der Waals surface area contributed by atoms with E-state index in [1.54, 1.807) is 12.1 Å². The summed E-state index contributed by atoms with van der Waals surface area (Å²) in [5.74, 6) is -1.26. The van der Waals surface area contributed by atoms with Gasteiger partial charge in [0, 0.05) is 29.0 Å². The predicted octanol–water partition coefficient (Wildman–Crippen LogP) is 4.95. The second-order valence-corrected chi connectivity index (χ2v) is 9.16. The molecular formula is C24H24BrNO5. The molecule has 6 nitrogen and oxygen atoms in total. The van der Waals surface area contributed by atoms with Crippen LogP contribution in [-0.2, 0) is 31.2 Å². The third kappa shape index (κ3) is 6.04. The van der Waals surface area contributed by atoms with Crippen LogP contribution < -0.4 is 4.74 Å². The van der Waals surface area contributed by atoms with Crippen molar-refractivity contribution < 1.29 is 24.0 Å². The first-order valence-electron chi connectivity index (χ1n) is 9.91. The molecule has 0 aliphatic carbocycles. The molecule has 0 radical (unpaired) electrons. The predicted molar refractivity (Wildman–Crippen MR) is 120 cm³/mol. The van der Waals surface area contributed by atoms with Gasteiger partial charge in [0.2, 0.25) is 0 Å². The number of benzene rings is 2. The van der Waals surface area contributed by atoms with Crippen molar-refractivity contribution in [3.8, 4) is 5.75 Å². The first kappa shape index (κ1) is 22.7. The highest BCUT2D eigenvalue weighted by atomic mass is 79.9. The summed E-state index contributed by atoms with van der Waals surface area (Å²) >= 11 is 3.41. The van der Waals surface area contributed by atoms with E-state index < -0.39 is 17.8 Å². The Hall–Kier alpha value is -2.93. The number of halogens is 1. The summed E-state index contributed by atoms with van der Waals surface area (Å²) in [5, 5.41) is 0.520. The number of carbonyl (C=O) groups excluding carboxylic acids is 3. The molecule has 2 aromatic carbocycles. The molecule has 1 saturated heterocycles. The summed E-state index contributed by atoms with van der Waals surface area (Å²) in [6, 6.07) is 13.7. The Labute approximate surface area is 189 Å². The van der Waals surface area contributed by atoms with Crippen molar-refractivity contribution in [2.24, 2.45) is 0 Å². The second kappa shape index (κ2) is 9.47. The largest absolute Gasteiger partial charge is 0.488 e. The van der Waals surface area contributed by atoms with Gasteiger partial charge in [-0.05, 0) is 40.8 Å². The van der Waals surface area contributed by atoms with Gasteiger partial charge in [0.05, 0.1) is 0 Å². The van der Waals surface area contributed by atoms with Crippen LogP contribution in [0.1, 0.15) is 50.3 Å². The van der Waals surface area contributed by atoms with Crippen LogP contribution in [0.3, 0.4) is 0 Å². The number of hydrogen-bond donors (Lipinski definition) is 0. The van der Waals surface area contributed by atoms with E-state index in [2.05, 4.69) is 48.8 Å². The maximum Gasteiger partial charge on any atom is 0.356 e. The molecule has 0 N–H and O–H groups in total. The summed E-state index contributed by atoms with van der Waals surface area (Å²) in [5.41, 5.74) is 3.01. The quantitative estimate of drug-likeness (QED) is 0.427. The molecule has 0 atom stereocenters. The minimum absolute atomic E-state index is 0.0518. The second-order valence-electron chi connectivity index (χ2n) is 8.24. The third-order valence-electron chi connectivity index (χ3n) is 4.77. The van der Waals surface area contributed by atoms with Crippen LogP contribution in [0.2, 0.25) is 0 Å². The number of carbonyl (C=O) groups is 3. The van der Waals surface area contributed by atoms with E-state index in [4.69, 9.17) is 9.57 Å². The van der Waals surface area contributed by atoms with Crippen molar-refractivity contribution in [1.29, 1.82) is 0 Å². The SMILES string of the molecule is CC(C)(C)c1ccc(COc2ccc(Br)cc2/C=C/C(=O)ON2C(=O)CCC2=O)cc1. The highest BCUT2D eigenvalue weighted by molar-refractivity contribution is 9.10. The van der Waals surface area contributed by atoms with Gasteiger partial charge in [-0.15, -0.1) is 5.06 Å². The van der Waals surface area contributed by atoms with Gasteiger partial charge in [-0.1, -0.05) is 61.0 Å². The van der Waals surface area contributed by atoms with Crippen molar-refractivity contribution in [3.63, 3.8) is 0 Å². The lowest BCUT2D eigenvalue weighted by Crippen LogP contribution is -2.31. The van der Waals surface area contributed by atoms with E-state index in [0.717, 1.165) is 16.1 Å². The Morgan fingerprint density at radius 2 is 1.71 bits per heavy atom. The smallest absolute Gasteiger partial charge is 0.356 e. The minimum Gasteiger partial charge on any atom is -0.488 e. The zero-order valence-electron chi connectivity index (χ0n) is 17.7. The number of imide groups is 1. The number of rotatable bonds is 6. The highest BCUT2D eigenvalue weighted by Gasteiger charge is 2.32. The molecule has 2 amide bonds. The normalized spacial score (nSPS) is 14.4. The molecule has 1 heterocycles. The van der Waals surface area contributed by atoms with Gasteiger partial charge in [-0.3, -0.25) is 9.59 Å². The molecule has 0 bridgehead atoms. The molecule has 2 aromatic rings. The Kier molecular flexibility index (Phi) is 6.95. The zero-order valence-corrected chi connectivity index (χ0v) is 19.3. The molecule has 162 valence electrons. The monoisotopic (exact) mass is 485 g/mol. The molecular weight excluding hydrogens is 462 g/mol. The van der Waals surface area contributed by atoms with Crippen molar-refractivity contribution >= 4 is 39.8 Å². The van der Waals surface area contributed by atoms with Gasteiger partial charge in [-0.25, -0.2) is 4.79 Å². The van der Waals surface area contributed by atoms with Crippen molar-refractivity contribution in [1.82, 2.24) is 5.06 Å². The van der Waals surface area contributed by atoms with Crippen LogP contribution in [0.15, 0.2) is 53.0 Å². The molecule has 3 rings (SSSR count). The van der Waals surface area contributed by atoms with Gasteiger partial charge in [0.25, 0.3) is 11.8 Å². The van der Waals surface area contributed by atoms with E-state index in [1.165, 1.54) is 11.6 Å². The molecule has 0 unspecified atom stereocenters. The van der Waals surface area contributed by atoms with Crippen LogP contribution in [0.4, 0.5) is 0 Å². The van der Waals surface area contributed by atoms with Crippen LogP contribution in [0.25, 0.3) is 6.08 Å². The van der Waals surface area contributed by atoms with E-state index in [-0.39, 0.29) is 18.3 Å².